The normalized spacial score (nSPS) is 13.2. The largest absolute Gasteiger partial charge is 0.548 e. The van der Waals surface area contributed by atoms with Gasteiger partial charge in [-0.15, -0.1) is 0 Å². The fourth-order valence-corrected chi connectivity index (χ4v) is 2.43. The van der Waals surface area contributed by atoms with E-state index in [0.717, 1.165) is 10.9 Å². The molecule has 0 saturated carbocycles. The van der Waals surface area contributed by atoms with Crippen molar-refractivity contribution in [3.8, 4) is 5.75 Å². The summed E-state index contributed by atoms with van der Waals surface area (Å²) in [5, 5.41) is 14.3. The zero-order valence-corrected chi connectivity index (χ0v) is 14.3. The van der Waals surface area contributed by atoms with Gasteiger partial charge in [-0.2, -0.15) is 0 Å². The molecule has 0 saturated heterocycles. The molecule has 25 heavy (non-hydrogen) atoms. The average molecular weight is 346 g/mol. The Hall–Kier alpha value is -2.83. The van der Waals surface area contributed by atoms with Gasteiger partial charge in [0.05, 0.1) is 12.0 Å². The van der Waals surface area contributed by atoms with Crippen LogP contribution in [0.3, 0.4) is 0 Å². The Balaban J connectivity index is 2.05. The minimum absolute atomic E-state index is 0.258. The molecule has 7 heteroatoms. The van der Waals surface area contributed by atoms with Crippen molar-refractivity contribution in [1.29, 1.82) is 0 Å². The number of rotatable bonds is 7. The van der Waals surface area contributed by atoms with Gasteiger partial charge >= 0.3 is 5.63 Å². The summed E-state index contributed by atoms with van der Waals surface area (Å²) in [6.07, 6.45) is 0.586. The number of aliphatic carboxylic acids is 1. The number of benzene rings is 1. The van der Waals surface area contributed by atoms with Crippen LogP contribution in [-0.2, 0) is 9.59 Å². The second-order valence-electron chi connectivity index (χ2n) is 5.94. The maximum Gasteiger partial charge on any atom is 0.336 e. The Morgan fingerprint density at radius 2 is 2.04 bits per heavy atom. The Morgan fingerprint density at radius 1 is 1.32 bits per heavy atom. The van der Waals surface area contributed by atoms with Gasteiger partial charge in [0.15, 0.2) is 6.61 Å². The smallest absolute Gasteiger partial charge is 0.336 e. The highest BCUT2D eigenvalue weighted by molar-refractivity contribution is 5.84. The maximum atomic E-state index is 11.9. The first-order chi connectivity index (χ1) is 11.8. The first-order valence-electron chi connectivity index (χ1n) is 7.99. The lowest BCUT2D eigenvalue weighted by atomic mass is 9.99. The number of ether oxygens (including phenoxy) is 1. The molecule has 2 rings (SSSR count). The van der Waals surface area contributed by atoms with E-state index in [1.807, 2.05) is 6.92 Å². The van der Waals surface area contributed by atoms with Crippen molar-refractivity contribution in [2.24, 2.45) is 5.92 Å². The number of carboxylic acids is 1. The fourth-order valence-electron chi connectivity index (χ4n) is 2.43. The number of fused-ring (bicyclic) bond motifs is 1. The van der Waals surface area contributed by atoms with Gasteiger partial charge in [-0.05, 0) is 30.5 Å². The van der Waals surface area contributed by atoms with Crippen LogP contribution in [0.1, 0.15) is 25.8 Å². The molecule has 0 aliphatic carbocycles. The van der Waals surface area contributed by atoms with Crippen molar-refractivity contribution < 1.29 is 23.8 Å². The van der Waals surface area contributed by atoms with E-state index in [0.29, 0.717) is 17.8 Å². The first kappa shape index (κ1) is 18.5. The molecule has 0 aliphatic heterocycles. The van der Waals surface area contributed by atoms with E-state index in [1.165, 1.54) is 12.1 Å². The Bertz CT molecular complexity index is 841. The lowest BCUT2D eigenvalue weighted by Gasteiger charge is -2.25. The van der Waals surface area contributed by atoms with Crippen molar-refractivity contribution in [2.45, 2.75) is 33.2 Å². The molecule has 2 aromatic rings. The zero-order valence-electron chi connectivity index (χ0n) is 14.3. The fraction of sp³-hybridized carbons (Fsp3) is 0.389. The standard InChI is InChI=1S/C18H21NO6/c1-4-10(2)17(18(22)23)19-15(20)9-24-12-5-6-13-11(3)7-16(21)25-14(13)8-12/h5-8,10,17H,4,9H2,1-3H3,(H,19,20)(H,22,23)/p-1. The minimum atomic E-state index is -1.33. The molecule has 0 aliphatic rings. The lowest BCUT2D eigenvalue weighted by Crippen LogP contribution is -2.52. The second-order valence-corrected chi connectivity index (χ2v) is 5.94. The highest BCUT2D eigenvalue weighted by Crippen LogP contribution is 2.22. The van der Waals surface area contributed by atoms with Crippen molar-refractivity contribution in [3.63, 3.8) is 0 Å². The molecule has 1 heterocycles. The van der Waals surface area contributed by atoms with Crippen LogP contribution in [-0.4, -0.2) is 24.5 Å². The molecule has 2 atom stereocenters. The minimum Gasteiger partial charge on any atom is -0.548 e. The number of carboxylic acid groups (broad SMARTS) is 1. The maximum absolute atomic E-state index is 11.9. The van der Waals surface area contributed by atoms with Crippen LogP contribution in [0.25, 0.3) is 11.0 Å². The predicted octanol–water partition coefficient (Wildman–Crippen LogP) is 0.761. The molecule has 0 fully saturated rings. The summed E-state index contributed by atoms with van der Waals surface area (Å²) < 4.78 is 10.5. The Labute approximate surface area is 144 Å². The number of hydrogen-bond acceptors (Lipinski definition) is 6. The van der Waals surface area contributed by atoms with Crippen LogP contribution in [0, 0.1) is 12.8 Å². The topological polar surface area (TPSA) is 109 Å². The van der Waals surface area contributed by atoms with Gasteiger partial charge in [-0.25, -0.2) is 4.79 Å². The molecule has 134 valence electrons. The number of hydrogen-bond donors (Lipinski definition) is 1. The van der Waals surface area contributed by atoms with Gasteiger partial charge in [0.2, 0.25) is 0 Å². The summed E-state index contributed by atoms with van der Waals surface area (Å²) in [6, 6.07) is 5.21. The van der Waals surface area contributed by atoms with E-state index < -0.39 is 23.5 Å². The third kappa shape index (κ3) is 4.59. The van der Waals surface area contributed by atoms with E-state index in [1.54, 1.807) is 26.0 Å². The van der Waals surface area contributed by atoms with Crippen LogP contribution < -0.4 is 20.8 Å². The zero-order chi connectivity index (χ0) is 18.6. The van der Waals surface area contributed by atoms with Crippen LogP contribution in [0.5, 0.6) is 5.75 Å². The Kier molecular flexibility index (Phi) is 5.80. The summed E-state index contributed by atoms with van der Waals surface area (Å²) in [6.45, 7) is 4.98. The molecule has 1 amide bonds. The van der Waals surface area contributed by atoms with E-state index >= 15 is 0 Å². The van der Waals surface area contributed by atoms with Gasteiger partial charge in [0, 0.05) is 17.5 Å². The highest BCUT2D eigenvalue weighted by atomic mass is 16.5. The molecule has 1 aromatic heterocycles. The molecule has 1 N–H and O–H groups in total. The van der Waals surface area contributed by atoms with E-state index in [-0.39, 0.29) is 12.5 Å². The average Bonchev–Trinajstić information content (AvgIpc) is 2.56. The molecule has 1 aromatic carbocycles. The van der Waals surface area contributed by atoms with E-state index in [9.17, 15) is 19.5 Å². The first-order valence-corrected chi connectivity index (χ1v) is 7.99. The van der Waals surface area contributed by atoms with Crippen LogP contribution in [0.15, 0.2) is 33.5 Å². The van der Waals surface area contributed by atoms with Crippen molar-refractivity contribution in [2.75, 3.05) is 6.61 Å². The summed E-state index contributed by atoms with van der Waals surface area (Å²) in [4.78, 5) is 34.5. The summed E-state index contributed by atoms with van der Waals surface area (Å²) in [5.41, 5.74) is 0.668. The van der Waals surface area contributed by atoms with Gasteiger partial charge < -0.3 is 24.4 Å². The van der Waals surface area contributed by atoms with E-state index in [2.05, 4.69) is 5.32 Å². The van der Waals surface area contributed by atoms with Gasteiger partial charge in [-0.1, -0.05) is 20.3 Å². The van der Waals surface area contributed by atoms with E-state index in [4.69, 9.17) is 9.15 Å². The molecule has 0 spiro atoms. The van der Waals surface area contributed by atoms with Crippen molar-refractivity contribution in [1.82, 2.24) is 5.32 Å². The molecular formula is C18H20NO6-. The summed E-state index contributed by atoms with van der Waals surface area (Å²) in [5.74, 6) is -1.82. The molecular weight excluding hydrogens is 326 g/mol. The molecule has 0 bridgehead atoms. The number of amides is 1. The number of carbonyl (C=O) groups is 2. The van der Waals surface area contributed by atoms with Gasteiger partial charge in [0.1, 0.15) is 11.3 Å². The van der Waals surface area contributed by atoms with Crippen molar-refractivity contribution >= 4 is 22.8 Å². The third-order valence-electron chi connectivity index (χ3n) is 4.08. The highest BCUT2D eigenvalue weighted by Gasteiger charge is 2.19. The summed E-state index contributed by atoms with van der Waals surface area (Å²) >= 11 is 0. The quantitative estimate of drug-likeness (QED) is 0.742. The van der Waals surface area contributed by atoms with Crippen LogP contribution >= 0.6 is 0 Å². The number of aryl methyl sites for hydroxylation is 1. The summed E-state index contributed by atoms with van der Waals surface area (Å²) in [7, 11) is 0. The molecule has 0 radical (unpaired) electrons. The van der Waals surface area contributed by atoms with Crippen LogP contribution in [0.4, 0.5) is 0 Å². The molecule has 7 nitrogen and oxygen atoms in total. The van der Waals surface area contributed by atoms with Crippen molar-refractivity contribution in [3.05, 3.63) is 40.2 Å². The van der Waals surface area contributed by atoms with Gasteiger partial charge in [-0.3, -0.25) is 4.79 Å². The van der Waals surface area contributed by atoms with Gasteiger partial charge in [0.25, 0.3) is 5.91 Å². The lowest BCUT2D eigenvalue weighted by molar-refractivity contribution is -0.309. The number of nitrogens with one attached hydrogen (secondary N) is 1. The number of carbonyl (C=O) groups excluding carboxylic acids is 2. The second kappa shape index (κ2) is 7.83. The predicted molar refractivity (Wildman–Crippen MR) is 89.1 cm³/mol. The monoisotopic (exact) mass is 346 g/mol. The molecule has 2 unspecified atom stereocenters. The SMILES string of the molecule is CCC(C)C(NC(=O)COc1ccc2c(C)cc(=O)oc2c1)C(=O)[O-]. The third-order valence-corrected chi connectivity index (χ3v) is 4.08. The Morgan fingerprint density at radius 3 is 2.68 bits per heavy atom. The van der Waals surface area contributed by atoms with Crippen LogP contribution in [0.2, 0.25) is 0 Å².